The number of aryl methyl sites for hydroxylation is 1. The quantitative estimate of drug-likeness (QED) is 0.465. The van der Waals surface area contributed by atoms with Crippen LogP contribution >= 0.6 is 11.6 Å². The molecule has 0 bridgehead atoms. The van der Waals surface area contributed by atoms with Crippen LogP contribution in [0.3, 0.4) is 0 Å². The fraction of sp³-hybridized carbons (Fsp3) is 0.143. The first-order valence-electron chi connectivity index (χ1n) is 5.55. The molecule has 0 aliphatic rings. The molecule has 0 aromatic heterocycles. The van der Waals surface area contributed by atoms with Crippen molar-refractivity contribution >= 4 is 22.7 Å². The van der Waals surface area contributed by atoms with E-state index in [1.165, 1.54) is 5.56 Å². The Bertz CT molecular complexity index is 540. The predicted molar refractivity (Wildman–Crippen MR) is 73.5 cm³/mol. The Morgan fingerprint density at radius 1 is 0.947 bits per heavy atom. The topological polar surface area (TPSA) is 40.1 Å². The molecule has 1 unspecified atom stereocenters. The Kier molecular flexibility index (Phi) is 7.29. The summed E-state index contributed by atoms with van der Waals surface area (Å²) in [5, 5.41) is 0. The molecule has 0 saturated carbocycles. The van der Waals surface area contributed by atoms with E-state index in [0.29, 0.717) is 10.8 Å². The van der Waals surface area contributed by atoms with Crippen LogP contribution in [0.2, 0.25) is 0 Å². The van der Waals surface area contributed by atoms with Gasteiger partial charge in [0.05, 0.1) is 0 Å². The third kappa shape index (κ3) is 4.71. The van der Waals surface area contributed by atoms with Gasteiger partial charge in [-0.2, -0.15) is 0 Å². The van der Waals surface area contributed by atoms with Crippen molar-refractivity contribution in [1.82, 2.24) is 0 Å². The molecule has 0 N–H and O–H groups in total. The molecule has 0 amide bonds. The fourth-order valence-corrected chi connectivity index (χ4v) is 2.31. The van der Waals surface area contributed by atoms with Crippen LogP contribution in [0.25, 0.3) is 11.1 Å². The Hall–Kier alpha value is -0.160. The van der Waals surface area contributed by atoms with Gasteiger partial charge >= 0.3 is 29.6 Å². The van der Waals surface area contributed by atoms with Gasteiger partial charge in [0.15, 0.2) is 0 Å². The van der Waals surface area contributed by atoms with Gasteiger partial charge in [0, 0.05) is 10.8 Å². The first-order chi connectivity index (χ1) is 8.70. The Labute approximate surface area is 142 Å². The summed E-state index contributed by atoms with van der Waals surface area (Å²) >= 11 is 3.52. The van der Waals surface area contributed by atoms with Gasteiger partial charge in [-0.05, 0) is 46.3 Å². The van der Waals surface area contributed by atoms with Crippen molar-refractivity contribution in [3.63, 3.8) is 0 Å². The van der Waals surface area contributed by atoms with Gasteiger partial charge in [-0.1, -0.05) is 36.4 Å². The van der Waals surface area contributed by atoms with Gasteiger partial charge in [0.2, 0.25) is 0 Å². The van der Waals surface area contributed by atoms with Crippen LogP contribution in [-0.2, 0) is 17.5 Å². The average Bonchev–Trinajstić information content (AvgIpc) is 2.40. The summed E-state index contributed by atoms with van der Waals surface area (Å²) in [5.74, 6) is 0.614. The van der Waals surface area contributed by atoms with Crippen molar-refractivity contribution in [2.75, 3.05) is 5.88 Å². The largest absolute Gasteiger partial charge is 1.00 e. The van der Waals surface area contributed by atoms with Crippen molar-refractivity contribution in [1.29, 1.82) is 0 Å². The van der Waals surface area contributed by atoms with Crippen LogP contribution in [-0.4, -0.2) is 14.6 Å². The number of rotatable bonds is 4. The Morgan fingerprint density at radius 2 is 1.42 bits per heavy atom. The van der Waals surface area contributed by atoms with E-state index in [4.69, 9.17) is 11.6 Å². The average molecular weight is 303 g/mol. The third-order valence-electron chi connectivity index (χ3n) is 2.72. The van der Waals surface area contributed by atoms with E-state index in [9.17, 15) is 8.76 Å². The molecule has 2 rings (SSSR count). The summed E-state index contributed by atoms with van der Waals surface area (Å²) in [7, 11) is 0. The van der Waals surface area contributed by atoms with E-state index in [2.05, 4.69) is 0 Å². The fourth-order valence-electron chi connectivity index (χ4n) is 1.73. The van der Waals surface area contributed by atoms with Gasteiger partial charge in [-0.25, -0.2) is 0 Å². The number of hydrogen-bond acceptors (Lipinski definition) is 2. The van der Waals surface area contributed by atoms with E-state index in [0.717, 1.165) is 17.5 Å². The zero-order valence-corrected chi connectivity index (χ0v) is 14.2. The Balaban J connectivity index is 0.00000180. The molecule has 0 aliphatic heterocycles. The first kappa shape index (κ1) is 16.9. The molecular formula is C14H12ClNaO2S. The molecule has 94 valence electrons. The molecule has 19 heavy (non-hydrogen) atoms. The van der Waals surface area contributed by atoms with Gasteiger partial charge in [-0.3, -0.25) is 4.21 Å². The van der Waals surface area contributed by atoms with E-state index >= 15 is 0 Å². The normalized spacial score (nSPS) is 11.7. The monoisotopic (exact) mass is 302 g/mol. The molecule has 5 heteroatoms. The Morgan fingerprint density at radius 3 is 1.84 bits per heavy atom. The SMILES string of the molecule is O=S([O-])c1ccc(-c2ccc(CCCl)cc2)cc1.[Na+]. The third-order valence-corrected chi connectivity index (χ3v) is 3.56. The smallest absolute Gasteiger partial charge is 0.768 e. The summed E-state index contributed by atoms with van der Waals surface area (Å²) in [4.78, 5) is 0.303. The standard InChI is InChI=1S/C14H13ClO2S.Na/c15-10-9-11-1-3-12(4-2-11)13-5-7-14(8-6-13)18(16)17;/h1-8H,9-10H2,(H,16,17);/q;+1/p-1. The van der Waals surface area contributed by atoms with E-state index < -0.39 is 11.1 Å². The van der Waals surface area contributed by atoms with Crippen LogP contribution in [0.1, 0.15) is 5.56 Å². The minimum atomic E-state index is -2.16. The molecule has 1 atom stereocenters. The number of halogens is 1. The second kappa shape index (κ2) is 8.20. The van der Waals surface area contributed by atoms with E-state index in [1.54, 1.807) is 12.1 Å². The molecule has 0 saturated heterocycles. The molecule has 2 aromatic rings. The van der Waals surface area contributed by atoms with E-state index in [1.807, 2.05) is 36.4 Å². The van der Waals surface area contributed by atoms with Crippen molar-refractivity contribution < 1.29 is 38.3 Å². The van der Waals surface area contributed by atoms with Crippen molar-refractivity contribution in [2.24, 2.45) is 0 Å². The summed E-state index contributed by atoms with van der Waals surface area (Å²) in [6.45, 7) is 0. The maximum atomic E-state index is 10.8. The molecule has 0 spiro atoms. The van der Waals surface area contributed by atoms with Crippen LogP contribution < -0.4 is 29.6 Å². The van der Waals surface area contributed by atoms with Gasteiger partial charge in [0.25, 0.3) is 0 Å². The van der Waals surface area contributed by atoms with Gasteiger partial charge < -0.3 is 4.55 Å². The van der Waals surface area contributed by atoms with Gasteiger partial charge in [0.1, 0.15) is 0 Å². The zero-order valence-electron chi connectivity index (χ0n) is 10.6. The second-order valence-corrected chi connectivity index (χ2v) is 5.21. The molecule has 0 aliphatic carbocycles. The van der Waals surface area contributed by atoms with Crippen molar-refractivity contribution in [3.05, 3.63) is 54.1 Å². The number of hydrogen-bond donors (Lipinski definition) is 0. The predicted octanol–water partition coefficient (Wildman–Crippen LogP) is 0.377. The molecule has 0 radical (unpaired) electrons. The summed E-state index contributed by atoms with van der Waals surface area (Å²) in [6.07, 6.45) is 0.857. The van der Waals surface area contributed by atoms with Crippen LogP contribution in [0.5, 0.6) is 0 Å². The van der Waals surface area contributed by atoms with Crippen LogP contribution in [0.15, 0.2) is 53.4 Å². The molecule has 0 fully saturated rings. The molecular weight excluding hydrogens is 291 g/mol. The van der Waals surface area contributed by atoms with Crippen LogP contribution in [0, 0.1) is 0 Å². The summed E-state index contributed by atoms with van der Waals surface area (Å²) < 4.78 is 21.5. The number of benzene rings is 2. The minimum Gasteiger partial charge on any atom is -0.768 e. The summed E-state index contributed by atoms with van der Waals surface area (Å²) in [6, 6.07) is 14.9. The van der Waals surface area contributed by atoms with E-state index in [-0.39, 0.29) is 29.6 Å². The zero-order chi connectivity index (χ0) is 13.0. The number of alkyl halides is 1. The van der Waals surface area contributed by atoms with Crippen molar-refractivity contribution in [3.8, 4) is 11.1 Å². The van der Waals surface area contributed by atoms with Gasteiger partial charge in [-0.15, -0.1) is 11.6 Å². The van der Waals surface area contributed by atoms with Crippen molar-refractivity contribution in [2.45, 2.75) is 11.3 Å². The maximum absolute atomic E-state index is 10.8. The molecule has 0 heterocycles. The minimum absolute atomic E-state index is 0. The molecule has 2 aromatic carbocycles. The first-order valence-corrected chi connectivity index (χ1v) is 7.16. The summed E-state index contributed by atoms with van der Waals surface area (Å²) in [5.41, 5.74) is 3.27. The maximum Gasteiger partial charge on any atom is 1.00 e. The molecule has 2 nitrogen and oxygen atoms in total. The van der Waals surface area contributed by atoms with Crippen LogP contribution in [0.4, 0.5) is 0 Å². The second-order valence-electron chi connectivity index (χ2n) is 3.89.